The topological polar surface area (TPSA) is 49.8 Å². The lowest BCUT2D eigenvalue weighted by Gasteiger charge is -2.25. The zero-order chi connectivity index (χ0) is 12.1. The molecule has 2 fully saturated rings. The normalized spacial score (nSPS) is 21.5. The van der Waals surface area contributed by atoms with Gasteiger partial charge in [0.1, 0.15) is 0 Å². The van der Waals surface area contributed by atoms with E-state index in [2.05, 4.69) is 0 Å². The van der Waals surface area contributed by atoms with Gasteiger partial charge in [-0.2, -0.15) is 0 Å². The van der Waals surface area contributed by atoms with Crippen molar-refractivity contribution < 1.29 is 14.6 Å². The molecule has 1 N–H and O–H groups in total. The van der Waals surface area contributed by atoms with E-state index in [0.29, 0.717) is 24.9 Å². The molecule has 2 aliphatic rings. The van der Waals surface area contributed by atoms with E-state index >= 15 is 0 Å². The van der Waals surface area contributed by atoms with E-state index in [-0.39, 0.29) is 12.5 Å². The van der Waals surface area contributed by atoms with Crippen LogP contribution in [0.3, 0.4) is 0 Å². The van der Waals surface area contributed by atoms with Gasteiger partial charge in [0.2, 0.25) is 5.91 Å². The average molecular weight is 241 g/mol. The third kappa shape index (κ3) is 3.96. The average Bonchev–Trinajstić information content (AvgIpc) is 3.18. The number of carbonyl (C=O) groups is 1. The highest BCUT2D eigenvalue weighted by molar-refractivity contribution is 5.76. The minimum absolute atomic E-state index is 0.0828. The molecule has 0 aromatic heterocycles. The SMILES string of the molecule is O=C(CCC1CCOCC1)N(CCO)C1CC1. The summed E-state index contributed by atoms with van der Waals surface area (Å²) in [6.45, 7) is 2.29. The lowest BCUT2D eigenvalue weighted by Crippen LogP contribution is -2.35. The van der Waals surface area contributed by atoms with E-state index < -0.39 is 0 Å². The lowest BCUT2D eigenvalue weighted by atomic mass is 9.94. The first-order chi connectivity index (χ1) is 8.31. The van der Waals surface area contributed by atoms with Gasteiger partial charge in [-0.05, 0) is 38.0 Å². The van der Waals surface area contributed by atoms with Crippen molar-refractivity contribution in [3.63, 3.8) is 0 Å². The first-order valence-corrected chi connectivity index (χ1v) is 6.79. The highest BCUT2D eigenvalue weighted by Gasteiger charge is 2.32. The number of nitrogens with zero attached hydrogens (tertiary/aromatic N) is 1. The number of aliphatic hydroxyl groups excluding tert-OH is 1. The van der Waals surface area contributed by atoms with Crippen LogP contribution in [0.1, 0.15) is 38.5 Å². The van der Waals surface area contributed by atoms with Crippen LogP contribution in [0.25, 0.3) is 0 Å². The van der Waals surface area contributed by atoms with Gasteiger partial charge in [-0.3, -0.25) is 4.79 Å². The van der Waals surface area contributed by atoms with Crippen LogP contribution in [-0.4, -0.2) is 48.3 Å². The molecule has 0 radical (unpaired) electrons. The van der Waals surface area contributed by atoms with Crippen LogP contribution in [0.4, 0.5) is 0 Å². The van der Waals surface area contributed by atoms with Crippen LogP contribution in [-0.2, 0) is 9.53 Å². The minimum Gasteiger partial charge on any atom is -0.395 e. The van der Waals surface area contributed by atoms with E-state index in [1.807, 2.05) is 4.90 Å². The van der Waals surface area contributed by atoms with Gasteiger partial charge >= 0.3 is 0 Å². The van der Waals surface area contributed by atoms with Crippen molar-refractivity contribution >= 4 is 5.91 Å². The number of amides is 1. The maximum atomic E-state index is 12.0. The van der Waals surface area contributed by atoms with Gasteiger partial charge < -0.3 is 14.7 Å². The molecule has 0 aromatic carbocycles. The lowest BCUT2D eigenvalue weighted by molar-refractivity contribution is -0.132. The van der Waals surface area contributed by atoms with Crippen molar-refractivity contribution in [3.05, 3.63) is 0 Å². The van der Waals surface area contributed by atoms with Crippen molar-refractivity contribution in [1.82, 2.24) is 4.90 Å². The summed E-state index contributed by atoms with van der Waals surface area (Å²) < 4.78 is 5.31. The Labute approximate surface area is 103 Å². The summed E-state index contributed by atoms with van der Waals surface area (Å²) in [4.78, 5) is 13.9. The second-order valence-electron chi connectivity index (χ2n) is 5.14. The summed E-state index contributed by atoms with van der Waals surface area (Å²) in [6.07, 6.45) is 6.04. The van der Waals surface area contributed by atoms with E-state index in [1.165, 1.54) is 0 Å². The van der Waals surface area contributed by atoms with Gasteiger partial charge in [0, 0.05) is 32.2 Å². The van der Waals surface area contributed by atoms with Crippen molar-refractivity contribution in [3.8, 4) is 0 Å². The second kappa shape index (κ2) is 6.36. The van der Waals surface area contributed by atoms with Crippen LogP contribution in [0.15, 0.2) is 0 Å². The maximum Gasteiger partial charge on any atom is 0.222 e. The number of ether oxygens (including phenoxy) is 1. The monoisotopic (exact) mass is 241 g/mol. The fourth-order valence-electron chi connectivity index (χ4n) is 2.51. The molecule has 98 valence electrons. The Morgan fingerprint density at radius 1 is 1.24 bits per heavy atom. The van der Waals surface area contributed by atoms with Crippen molar-refractivity contribution in [1.29, 1.82) is 0 Å². The number of rotatable bonds is 6. The molecule has 1 aliphatic heterocycles. The van der Waals surface area contributed by atoms with Crippen LogP contribution < -0.4 is 0 Å². The quantitative estimate of drug-likeness (QED) is 0.759. The van der Waals surface area contributed by atoms with Crippen LogP contribution in [0.5, 0.6) is 0 Å². The molecule has 0 atom stereocenters. The predicted octanol–water partition coefficient (Wildman–Crippen LogP) is 1.18. The Morgan fingerprint density at radius 3 is 2.53 bits per heavy atom. The highest BCUT2D eigenvalue weighted by atomic mass is 16.5. The molecule has 1 heterocycles. The molecule has 1 amide bonds. The Balaban J connectivity index is 1.70. The Morgan fingerprint density at radius 2 is 1.94 bits per heavy atom. The van der Waals surface area contributed by atoms with E-state index in [1.54, 1.807) is 0 Å². The Kier molecular flexibility index (Phi) is 4.80. The van der Waals surface area contributed by atoms with Crippen LogP contribution in [0.2, 0.25) is 0 Å². The van der Waals surface area contributed by atoms with Crippen molar-refractivity contribution in [2.45, 2.75) is 44.6 Å². The summed E-state index contributed by atoms with van der Waals surface area (Å²) in [5.41, 5.74) is 0. The summed E-state index contributed by atoms with van der Waals surface area (Å²) in [5, 5.41) is 8.97. The van der Waals surface area contributed by atoms with Gasteiger partial charge in [-0.15, -0.1) is 0 Å². The summed E-state index contributed by atoms with van der Waals surface area (Å²) in [5.74, 6) is 0.885. The summed E-state index contributed by atoms with van der Waals surface area (Å²) >= 11 is 0. The predicted molar refractivity (Wildman–Crippen MR) is 64.6 cm³/mol. The Hall–Kier alpha value is -0.610. The molecule has 4 heteroatoms. The summed E-state index contributed by atoms with van der Waals surface area (Å²) in [7, 11) is 0. The molecule has 2 rings (SSSR count). The van der Waals surface area contributed by atoms with E-state index in [0.717, 1.165) is 45.3 Å². The number of aliphatic hydroxyl groups is 1. The standard InChI is InChI=1S/C13H23NO3/c15-8-7-14(12-2-3-12)13(16)4-1-11-5-9-17-10-6-11/h11-12,15H,1-10H2. The van der Waals surface area contributed by atoms with Crippen LogP contribution >= 0.6 is 0 Å². The molecule has 17 heavy (non-hydrogen) atoms. The zero-order valence-electron chi connectivity index (χ0n) is 10.4. The summed E-state index contributed by atoms with van der Waals surface area (Å²) in [6, 6.07) is 0.421. The highest BCUT2D eigenvalue weighted by Crippen LogP contribution is 2.28. The molecular weight excluding hydrogens is 218 g/mol. The van der Waals surface area contributed by atoms with Crippen molar-refractivity contribution in [2.24, 2.45) is 5.92 Å². The molecule has 1 aliphatic carbocycles. The fourth-order valence-corrected chi connectivity index (χ4v) is 2.51. The second-order valence-corrected chi connectivity index (χ2v) is 5.14. The smallest absolute Gasteiger partial charge is 0.222 e. The molecule has 0 aromatic rings. The van der Waals surface area contributed by atoms with Gasteiger partial charge in [-0.1, -0.05) is 0 Å². The minimum atomic E-state index is 0.0828. The third-order valence-corrected chi connectivity index (χ3v) is 3.76. The Bertz CT molecular complexity index is 247. The van der Waals surface area contributed by atoms with Crippen molar-refractivity contribution in [2.75, 3.05) is 26.4 Å². The first kappa shape index (κ1) is 12.8. The largest absolute Gasteiger partial charge is 0.395 e. The maximum absolute atomic E-state index is 12.0. The number of hydrogen-bond acceptors (Lipinski definition) is 3. The molecular formula is C13H23NO3. The van der Waals surface area contributed by atoms with Gasteiger partial charge in [0.25, 0.3) is 0 Å². The number of carbonyl (C=O) groups excluding carboxylic acids is 1. The van der Waals surface area contributed by atoms with Gasteiger partial charge in [0.05, 0.1) is 6.61 Å². The molecule has 1 saturated carbocycles. The third-order valence-electron chi connectivity index (χ3n) is 3.76. The fraction of sp³-hybridized carbons (Fsp3) is 0.923. The van der Waals surface area contributed by atoms with Gasteiger partial charge in [-0.25, -0.2) is 0 Å². The van der Waals surface area contributed by atoms with E-state index in [4.69, 9.17) is 9.84 Å². The molecule has 0 unspecified atom stereocenters. The molecule has 1 saturated heterocycles. The molecule has 4 nitrogen and oxygen atoms in total. The van der Waals surface area contributed by atoms with Gasteiger partial charge in [0.15, 0.2) is 0 Å². The first-order valence-electron chi connectivity index (χ1n) is 6.79. The zero-order valence-corrected chi connectivity index (χ0v) is 10.4. The molecule has 0 bridgehead atoms. The van der Waals surface area contributed by atoms with Crippen LogP contribution in [0, 0.1) is 5.92 Å². The molecule has 0 spiro atoms. The van der Waals surface area contributed by atoms with E-state index in [9.17, 15) is 4.79 Å². The number of hydrogen-bond donors (Lipinski definition) is 1.